The van der Waals surface area contributed by atoms with E-state index in [0.717, 1.165) is 42.8 Å². The van der Waals surface area contributed by atoms with Gasteiger partial charge in [0.2, 0.25) is 0 Å². The lowest BCUT2D eigenvalue weighted by Crippen LogP contribution is -2.58. The molecule has 2 aliphatic heterocycles. The molecule has 4 fully saturated rings. The van der Waals surface area contributed by atoms with Crippen LogP contribution in [0.3, 0.4) is 0 Å². The van der Waals surface area contributed by atoms with E-state index in [4.69, 9.17) is 10.1 Å². The van der Waals surface area contributed by atoms with Crippen molar-refractivity contribution in [3.8, 4) is 0 Å². The molecule has 5 aliphatic rings. The van der Waals surface area contributed by atoms with Gasteiger partial charge in [-0.2, -0.15) is 10.2 Å². The number of hydrogen-bond donors (Lipinski definition) is 0. The van der Waals surface area contributed by atoms with Crippen molar-refractivity contribution >= 4 is 16.7 Å². The minimum absolute atomic E-state index is 0.463. The van der Waals surface area contributed by atoms with Gasteiger partial charge in [0.25, 0.3) is 0 Å². The number of hydrogen-bond acceptors (Lipinski definition) is 5. The lowest BCUT2D eigenvalue weighted by atomic mass is 9.56. The third kappa shape index (κ3) is 3.52. The van der Waals surface area contributed by atoms with Gasteiger partial charge >= 0.3 is 0 Å². The van der Waals surface area contributed by atoms with Crippen LogP contribution < -0.4 is 4.90 Å². The number of nitrogens with zero attached hydrogens (tertiary/aromatic N) is 7. The van der Waals surface area contributed by atoms with Crippen molar-refractivity contribution in [2.75, 3.05) is 24.5 Å². The Morgan fingerprint density at radius 1 is 0.944 bits per heavy atom. The summed E-state index contributed by atoms with van der Waals surface area (Å²) in [6.07, 6.45) is 15.7. The molecule has 0 aromatic carbocycles. The van der Waals surface area contributed by atoms with E-state index >= 15 is 0 Å². The molecule has 0 unspecified atom stereocenters. The first-order valence-electron chi connectivity index (χ1n) is 14.3. The summed E-state index contributed by atoms with van der Waals surface area (Å²) in [7, 11) is 1.98. The highest BCUT2D eigenvalue weighted by Gasteiger charge is 2.51. The van der Waals surface area contributed by atoms with Crippen LogP contribution in [0.25, 0.3) is 11.0 Å². The second-order valence-electron chi connectivity index (χ2n) is 12.4. The van der Waals surface area contributed by atoms with Crippen LogP contribution in [0.1, 0.15) is 80.4 Å². The average molecular weight is 488 g/mol. The van der Waals surface area contributed by atoms with Gasteiger partial charge in [-0.1, -0.05) is 6.42 Å². The fraction of sp³-hybridized carbons (Fsp3) is 0.690. The molecule has 192 valence electrons. The summed E-state index contributed by atoms with van der Waals surface area (Å²) in [5, 5.41) is 10.8. The van der Waals surface area contributed by atoms with Crippen molar-refractivity contribution in [1.82, 2.24) is 29.4 Å². The molecule has 0 amide bonds. The minimum atomic E-state index is 0.463. The summed E-state index contributed by atoms with van der Waals surface area (Å²) < 4.78 is 4.33. The Kier molecular flexibility index (Phi) is 5.25. The Bertz CT molecular complexity index is 1270. The molecule has 2 bridgehead atoms. The molecule has 3 saturated carbocycles. The molecule has 5 heterocycles. The number of pyridine rings is 1. The van der Waals surface area contributed by atoms with Crippen molar-refractivity contribution in [3.05, 3.63) is 34.9 Å². The summed E-state index contributed by atoms with van der Waals surface area (Å²) in [4.78, 5) is 10.1. The molecule has 3 aliphatic carbocycles. The summed E-state index contributed by atoms with van der Waals surface area (Å²) in [6, 6.07) is 2.23. The second-order valence-corrected chi connectivity index (χ2v) is 12.4. The molecule has 0 spiro atoms. The van der Waals surface area contributed by atoms with E-state index in [1.807, 2.05) is 17.9 Å². The topological polar surface area (TPSA) is 55.0 Å². The van der Waals surface area contributed by atoms with Gasteiger partial charge in [-0.15, -0.1) is 0 Å². The molecule has 7 nitrogen and oxygen atoms in total. The maximum atomic E-state index is 5.17. The molecule has 7 heteroatoms. The van der Waals surface area contributed by atoms with E-state index in [1.165, 1.54) is 93.5 Å². The highest BCUT2D eigenvalue weighted by Crippen LogP contribution is 2.56. The van der Waals surface area contributed by atoms with Gasteiger partial charge in [-0.3, -0.25) is 14.3 Å². The van der Waals surface area contributed by atoms with Crippen LogP contribution in [0.2, 0.25) is 0 Å². The largest absolute Gasteiger partial charge is 0.366 e. The Hall–Kier alpha value is -2.41. The number of aromatic nitrogens is 5. The highest BCUT2D eigenvalue weighted by molar-refractivity contribution is 5.89. The molecule has 36 heavy (non-hydrogen) atoms. The van der Waals surface area contributed by atoms with Crippen LogP contribution in [0.15, 0.2) is 12.3 Å². The SMILES string of the molecule is Cc1cc(N2CCc3c(c(C)nn3CC34CCC(N5CCCCC5)(CC3)CC4)C2)c2cnn(C)c2n1. The molecule has 8 rings (SSSR count). The van der Waals surface area contributed by atoms with Crippen LogP contribution >= 0.6 is 0 Å². The minimum Gasteiger partial charge on any atom is -0.366 e. The number of piperidine rings is 1. The fourth-order valence-corrected chi connectivity index (χ4v) is 8.12. The highest BCUT2D eigenvalue weighted by atomic mass is 15.3. The Labute approximate surface area is 214 Å². The maximum absolute atomic E-state index is 5.17. The van der Waals surface area contributed by atoms with Gasteiger partial charge < -0.3 is 4.90 Å². The zero-order chi connectivity index (χ0) is 24.5. The van der Waals surface area contributed by atoms with Crippen molar-refractivity contribution in [1.29, 1.82) is 0 Å². The smallest absolute Gasteiger partial charge is 0.159 e. The van der Waals surface area contributed by atoms with Crippen LogP contribution in [0.4, 0.5) is 5.69 Å². The van der Waals surface area contributed by atoms with E-state index in [2.05, 4.69) is 39.5 Å². The summed E-state index contributed by atoms with van der Waals surface area (Å²) in [5.41, 5.74) is 8.42. The number of aryl methyl sites for hydroxylation is 3. The summed E-state index contributed by atoms with van der Waals surface area (Å²) in [6.45, 7) is 10.1. The van der Waals surface area contributed by atoms with E-state index in [0.29, 0.717) is 11.0 Å². The molecular weight excluding hydrogens is 446 g/mol. The van der Waals surface area contributed by atoms with Crippen molar-refractivity contribution in [3.63, 3.8) is 0 Å². The molecular formula is C29H41N7. The lowest BCUT2D eigenvalue weighted by Gasteiger charge is -2.58. The first-order valence-corrected chi connectivity index (χ1v) is 14.3. The molecule has 0 N–H and O–H groups in total. The van der Waals surface area contributed by atoms with Crippen molar-refractivity contribution < 1.29 is 0 Å². The standard InChI is InChI=1S/C29H41N7/c1-21-17-26(23-18-30-33(3)27(23)31-21)34-16-7-25-24(19-34)22(2)32-36(25)20-28-8-11-29(12-9-28,13-10-28)35-14-5-4-6-15-35/h17-18H,4-16,19-20H2,1-3H3. The van der Waals surface area contributed by atoms with Gasteiger partial charge in [0, 0.05) is 55.6 Å². The van der Waals surface area contributed by atoms with Crippen molar-refractivity contribution in [2.45, 2.75) is 96.7 Å². The normalized spacial score (nSPS) is 28.7. The van der Waals surface area contributed by atoms with Gasteiger partial charge in [0.15, 0.2) is 5.65 Å². The Balaban J connectivity index is 1.11. The second kappa shape index (κ2) is 8.30. The van der Waals surface area contributed by atoms with Gasteiger partial charge in [-0.25, -0.2) is 4.98 Å². The molecule has 0 atom stereocenters. The molecule has 3 aromatic heterocycles. The number of anilines is 1. The molecule has 3 aromatic rings. The van der Waals surface area contributed by atoms with Crippen LogP contribution in [-0.2, 0) is 26.6 Å². The first kappa shape index (κ1) is 22.8. The third-order valence-electron chi connectivity index (χ3n) is 10.4. The molecule has 1 saturated heterocycles. The predicted octanol–water partition coefficient (Wildman–Crippen LogP) is 4.92. The van der Waals surface area contributed by atoms with E-state index in [9.17, 15) is 0 Å². The molecule has 0 radical (unpaired) electrons. The van der Waals surface area contributed by atoms with Crippen LogP contribution in [-0.4, -0.2) is 54.6 Å². The summed E-state index contributed by atoms with van der Waals surface area (Å²) >= 11 is 0. The Morgan fingerprint density at radius 2 is 1.69 bits per heavy atom. The summed E-state index contributed by atoms with van der Waals surface area (Å²) in [5.74, 6) is 0. The lowest BCUT2D eigenvalue weighted by molar-refractivity contribution is -0.0690. The number of likely N-dealkylation sites (tertiary alicyclic amines) is 1. The van der Waals surface area contributed by atoms with E-state index in [1.54, 1.807) is 0 Å². The average Bonchev–Trinajstić information content (AvgIpc) is 3.43. The van der Waals surface area contributed by atoms with E-state index in [-0.39, 0.29) is 0 Å². The van der Waals surface area contributed by atoms with Gasteiger partial charge in [0.1, 0.15) is 0 Å². The zero-order valence-corrected chi connectivity index (χ0v) is 22.4. The maximum Gasteiger partial charge on any atom is 0.159 e. The van der Waals surface area contributed by atoms with Crippen LogP contribution in [0, 0.1) is 19.3 Å². The van der Waals surface area contributed by atoms with Gasteiger partial charge in [0.05, 0.1) is 23.0 Å². The first-order chi connectivity index (χ1) is 17.5. The monoisotopic (exact) mass is 487 g/mol. The predicted molar refractivity (Wildman–Crippen MR) is 143 cm³/mol. The Morgan fingerprint density at radius 3 is 2.44 bits per heavy atom. The zero-order valence-electron chi connectivity index (χ0n) is 22.4. The van der Waals surface area contributed by atoms with Crippen LogP contribution in [0.5, 0.6) is 0 Å². The fourth-order valence-electron chi connectivity index (χ4n) is 8.12. The number of fused-ring (bicyclic) bond motifs is 5. The van der Waals surface area contributed by atoms with E-state index < -0.39 is 0 Å². The van der Waals surface area contributed by atoms with Crippen molar-refractivity contribution in [2.24, 2.45) is 12.5 Å². The number of rotatable bonds is 4. The third-order valence-corrected chi connectivity index (χ3v) is 10.4. The van der Waals surface area contributed by atoms with Gasteiger partial charge in [-0.05, 0) is 89.8 Å². The quantitative estimate of drug-likeness (QED) is 0.523.